The zero-order valence-corrected chi connectivity index (χ0v) is 19.4. The van der Waals surface area contributed by atoms with Crippen LogP contribution in [0.2, 0.25) is 0 Å². The van der Waals surface area contributed by atoms with Crippen molar-refractivity contribution >= 4 is 29.2 Å². The van der Waals surface area contributed by atoms with E-state index < -0.39 is 0 Å². The van der Waals surface area contributed by atoms with Crippen molar-refractivity contribution in [2.45, 2.75) is 26.7 Å². The lowest BCUT2D eigenvalue weighted by molar-refractivity contribution is -0.121. The van der Waals surface area contributed by atoms with Gasteiger partial charge in [-0.3, -0.25) is 14.4 Å². The lowest BCUT2D eigenvalue weighted by Crippen LogP contribution is -2.43. The van der Waals surface area contributed by atoms with Crippen molar-refractivity contribution in [3.63, 3.8) is 0 Å². The molecule has 1 saturated heterocycles. The average molecular weight is 457 g/mol. The Balaban J connectivity index is 1.45. The number of rotatable bonds is 5. The Hall–Kier alpha value is -4.00. The van der Waals surface area contributed by atoms with Crippen LogP contribution in [-0.4, -0.2) is 40.7 Å². The van der Waals surface area contributed by atoms with Crippen LogP contribution >= 0.6 is 0 Å². The molecule has 4 rings (SSSR count). The number of likely N-dealkylation sites (tertiary alicyclic amines) is 1. The van der Waals surface area contributed by atoms with E-state index in [1.54, 1.807) is 47.5 Å². The van der Waals surface area contributed by atoms with Crippen LogP contribution in [-0.2, 0) is 4.79 Å². The lowest BCUT2D eigenvalue weighted by Gasteiger charge is -2.32. The summed E-state index contributed by atoms with van der Waals surface area (Å²) in [6.07, 6.45) is 3.10. The first kappa shape index (κ1) is 23.2. The Morgan fingerprint density at radius 1 is 0.912 bits per heavy atom. The van der Waals surface area contributed by atoms with Gasteiger partial charge < -0.3 is 15.5 Å². The van der Waals surface area contributed by atoms with Crippen molar-refractivity contribution in [2.24, 2.45) is 5.92 Å². The molecule has 1 fully saturated rings. The number of aromatic nitrogens is 1. The summed E-state index contributed by atoms with van der Waals surface area (Å²) < 4.78 is 0. The van der Waals surface area contributed by atoms with Gasteiger partial charge in [-0.05, 0) is 68.1 Å². The van der Waals surface area contributed by atoms with E-state index in [4.69, 9.17) is 0 Å². The number of amides is 3. The molecular formula is C27H28N4O3. The average Bonchev–Trinajstić information content (AvgIpc) is 2.87. The number of benzene rings is 2. The molecule has 2 aromatic carbocycles. The number of anilines is 2. The fourth-order valence-electron chi connectivity index (χ4n) is 4.07. The molecule has 7 heteroatoms. The van der Waals surface area contributed by atoms with Gasteiger partial charge >= 0.3 is 0 Å². The predicted molar refractivity (Wildman–Crippen MR) is 132 cm³/mol. The third kappa shape index (κ3) is 5.31. The van der Waals surface area contributed by atoms with Crippen molar-refractivity contribution in [3.05, 3.63) is 89.1 Å². The molecule has 0 aliphatic carbocycles. The second kappa shape index (κ2) is 10.3. The zero-order chi connectivity index (χ0) is 24.1. The molecule has 0 radical (unpaired) electrons. The van der Waals surface area contributed by atoms with Crippen LogP contribution in [0, 0.1) is 19.8 Å². The fraction of sp³-hybridized carbons (Fsp3) is 0.259. The number of aryl methyl sites for hydroxylation is 2. The summed E-state index contributed by atoms with van der Waals surface area (Å²) >= 11 is 0. The molecule has 0 bridgehead atoms. The highest BCUT2D eigenvalue weighted by Gasteiger charge is 2.29. The molecule has 0 spiro atoms. The highest BCUT2D eigenvalue weighted by Crippen LogP contribution is 2.23. The summed E-state index contributed by atoms with van der Waals surface area (Å²) in [6.45, 7) is 4.71. The van der Waals surface area contributed by atoms with Crippen LogP contribution in [0.5, 0.6) is 0 Å². The summed E-state index contributed by atoms with van der Waals surface area (Å²) in [7, 11) is 0. The van der Waals surface area contributed by atoms with Gasteiger partial charge in [-0.25, -0.2) is 4.98 Å². The highest BCUT2D eigenvalue weighted by atomic mass is 16.2. The molecule has 7 nitrogen and oxygen atoms in total. The van der Waals surface area contributed by atoms with E-state index in [1.807, 2.05) is 38.1 Å². The van der Waals surface area contributed by atoms with E-state index in [1.165, 1.54) is 0 Å². The smallest absolute Gasteiger partial charge is 0.255 e. The first-order valence-corrected chi connectivity index (χ1v) is 11.4. The third-order valence-corrected chi connectivity index (χ3v) is 6.10. The molecule has 2 N–H and O–H groups in total. The largest absolute Gasteiger partial charge is 0.338 e. The standard InChI is InChI=1S/C27H28N4O3/c1-18-12-13-21(16-23(18)29-25(32)20-9-4-3-5-10-20)27(34)31-15-7-11-22(17-31)26(33)30-24-19(2)8-6-14-28-24/h3-6,8-10,12-14,16,22H,7,11,15,17H2,1-2H3,(H,29,32)(H,28,30,33). The minimum Gasteiger partial charge on any atom is -0.338 e. The molecule has 3 aromatic rings. The van der Waals surface area contributed by atoms with Crippen LogP contribution in [0.3, 0.4) is 0 Å². The highest BCUT2D eigenvalue weighted by molar-refractivity contribution is 6.05. The number of carbonyl (C=O) groups excluding carboxylic acids is 3. The molecule has 3 amide bonds. The number of hydrogen-bond donors (Lipinski definition) is 2. The molecule has 1 atom stereocenters. The Kier molecular flexibility index (Phi) is 7.01. The van der Waals surface area contributed by atoms with Crippen molar-refractivity contribution < 1.29 is 14.4 Å². The molecule has 1 aliphatic rings. The van der Waals surface area contributed by atoms with Crippen LogP contribution in [0.25, 0.3) is 0 Å². The van der Waals surface area contributed by atoms with Crippen LogP contribution in [0.4, 0.5) is 11.5 Å². The van der Waals surface area contributed by atoms with Gasteiger partial charge in [-0.1, -0.05) is 30.3 Å². The first-order valence-electron chi connectivity index (χ1n) is 11.4. The molecule has 34 heavy (non-hydrogen) atoms. The maximum absolute atomic E-state index is 13.3. The first-order chi connectivity index (χ1) is 16.4. The fourth-order valence-corrected chi connectivity index (χ4v) is 4.07. The SMILES string of the molecule is Cc1ccc(C(=O)N2CCCC(C(=O)Nc3ncccc3C)C2)cc1NC(=O)c1ccccc1. The molecule has 2 heterocycles. The Labute approximate surface area is 199 Å². The molecule has 1 aromatic heterocycles. The molecule has 0 saturated carbocycles. The summed E-state index contributed by atoms with van der Waals surface area (Å²) in [4.78, 5) is 44.6. The van der Waals surface area contributed by atoms with Crippen LogP contribution < -0.4 is 10.6 Å². The van der Waals surface area contributed by atoms with E-state index in [0.29, 0.717) is 42.1 Å². The second-order valence-electron chi connectivity index (χ2n) is 8.60. The molecule has 1 unspecified atom stereocenters. The third-order valence-electron chi connectivity index (χ3n) is 6.10. The van der Waals surface area contributed by atoms with Crippen molar-refractivity contribution in [1.82, 2.24) is 9.88 Å². The van der Waals surface area contributed by atoms with E-state index >= 15 is 0 Å². The number of hydrogen-bond acceptors (Lipinski definition) is 4. The van der Waals surface area contributed by atoms with Crippen LogP contribution in [0.1, 0.15) is 44.7 Å². The summed E-state index contributed by atoms with van der Waals surface area (Å²) in [6, 6.07) is 18.0. The summed E-state index contributed by atoms with van der Waals surface area (Å²) in [5.74, 6) is -0.260. The number of nitrogens with one attached hydrogen (secondary N) is 2. The Bertz CT molecular complexity index is 1210. The number of carbonyl (C=O) groups is 3. The maximum Gasteiger partial charge on any atom is 0.255 e. The van der Waals surface area contributed by atoms with Crippen molar-refractivity contribution in [2.75, 3.05) is 23.7 Å². The van der Waals surface area contributed by atoms with Gasteiger partial charge in [-0.15, -0.1) is 0 Å². The van der Waals surface area contributed by atoms with Crippen molar-refractivity contribution in [3.8, 4) is 0 Å². The minimum absolute atomic E-state index is 0.126. The second-order valence-corrected chi connectivity index (χ2v) is 8.60. The van der Waals surface area contributed by atoms with Gasteiger partial charge in [0.25, 0.3) is 11.8 Å². The monoisotopic (exact) mass is 456 g/mol. The van der Waals surface area contributed by atoms with E-state index in [9.17, 15) is 14.4 Å². The molecule has 1 aliphatic heterocycles. The molecule has 174 valence electrons. The van der Waals surface area contributed by atoms with Gasteiger partial charge in [-0.2, -0.15) is 0 Å². The quantitative estimate of drug-likeness (QED) is 0.594. The summed E-state index contributed by atoms with van der Waals surface area (Å²) in [5.41, 5.74) is 3.38. The van der Waals surface area contributed by atoms with Crippen LogP contribution in [0.15, 0.2) is 66.9 Å². The lowest BCUT2D eigenvalue weighted by atomic mass is 9.96. The maximum atomic E-state index is 13.3. The Morgan fingerprint density at radius 2 is 1.71 bits per heavy atom. The van der Waals surface area contributed by atoms with E-state index in [0.717, 1.165) is 17.5 Å². The predicted octanol–water partition coefficient (Wildman–Crippen LogP) is 4.44. The minimum atomic E-state index is -0.304. The van der Waals surface area contributed by atoms with Gasteiger partial charge in [0.05, 0.1) is 5.92 Å². The number of piperidine rings is 1. The number of pyridine rings is 1. The summed E-state index contributed by atoms with van der Waals surface area (Å²) in [5, 5.41) is 5.80. The Morgan fingerprint density at radius 3 is 2.47 bits per heavy atom. The van der Waals surface area contributed by atoms with Gasteiger partial charge in [0.2, 0.25) is 5.91 Å². The van der Waals surface area contributed by atoms with E-state index in [2.05, 4.69) is 15.6 Å². The normalized spacial score (nSPS) is 15.5. The topological polar surface area (TPSA) is 91.4 Å². The van der Waals surface area contributed by atoms with E-state index in [-0.39, 0.29) is 23.6 Å². The van der Waals surface area contributed by atoms with Gasteiger partial charge in [0.1, 0.15) is 5.82 Å². The van der Waals surface area contributed by atoms with Gasteiger partial charge in [0.15, 0.2) is 0 Å². The molecular weight excluding hydrogens is 428 g/mol. The number of nitrogens with zero attached hydrogens (tertiary/aromatic N) is 2. The van der Waals surface area contributed by atoms with Crippen molar-refractivity contribution in [1.29, 1.82) is 0 Å². The van der Waals surface area contributed by atoms with Gasteiger partial charge in [0, 0.05) is 36.1 Å². The zero-order valence-electron chi connectivity index (χ0n) is 19.4.